The molecule has 1 aliphatic rings. The second-order valence-electron chi connectivity index (χ2n) is 5.92. The van der Waals surface area contributed by atoms with Crippen molar-refractivity contribution in [3.63, 3.8) is 0 Å². The Balaban J connectivity index is 1.82. The topological polar surface area (TPSA) is 29.9 Å². The molecule has 0 spiro atoms. The summed E-state index contributed by atoms with van der Waals surface area (Å²) in [6.45, 7) is 6.53. The van der Waals surface area contributed by atoms with Crippen molar-refractivity contribution in [2.75, 3.05) is 12.8 Å². The largest absolute Gasteiger partial charge is 0.310 e. The Labute approximate surface area is 127 Å². The average molecular weight is 295 g/mol. The lowest BCUT2D eigenvalue weighted by atomic mass is 10.0. The van der Waals surface area contributed by atoms with E-state index in [4.69, 9.17) is 5.10 Å². The average Bonchev–Trinajstić information content (AvgIpc) is 3.15. The van der Waals surface area contributed by atoms with Gasteiger partial charge >= 0.3 is 0 Å². The first-order valence-corrected chi connectivity index (χ1v) is 9.25. The summed E-state index contributed by atoms with van der Waals surface area (Å²) >= 11 is 1.99. The molecule has 0 unspecified atom stereocenters. The molecule has 1 aromatic heterocycles. The zero-order chi connectivity index (χ0) is 14.4. The number of thioether (sulfide) groups is 1. The van der Waals surface area contributed by atoms with Crippen LogP contribution in [-0.4, -0.2) is 27.3 Å². The van der Waals surface area contributed by atoms with Crippen molar-refractivity contribution in [2.24, 2.45) is 0 Å². The molecular formula is C16H29N3S. The Hall–Kier alpha value is -0.480. The Morgan fingerprint density at radius 3 is 2.65 bits per heavy atom. The molecular weight excluding hydrogens is 266 g/mol. The van der Waals surface area contributed by atoms with Crippen molar-refractivity contribution in [2.45, 2.75) is 69.7 Å². The third-order valence-corrected chi connectivity index (χ3v) is 6.43. The molecule has 0 aromatic carbocycles. The third kappa shape index (κ3) is 3.79. The number of aromatic nitrogens is 2. The van der Waals surface area contributed by atoms with E-state index in [-0.39, 0.29) is 0 Å². The van der Waals surface area contributed by atoms with Gasteiger partial charge in [0.15, 0.2) is 0 Å². The summed E-state index contributed by atoms with van der Waals surface area (Å²) in [6, 6.07) is 2.82. The highest BCUT2D eigenvalue weighted by Crippen LogP contribution is 2.30. The summed E-state index contributed by atoms with van der Waals surface area (Å²) in [5, 5.41) is 8.34. The second kappa shape index (κ2) is 7.51. The highest BCUT2D eigenvalue weighted by atomic mass is 32.2. The van der Waals surface area contributed by atoms with Crippen LogP contribution >= 0.6 is 11.8 Å². The minimum absolute atomic E-state index is 0.383. The molecule has 0 saturated heterocycles. The van der Waals surface area contributed by atoms with E-state index in [2.05, 4.69) is 42.4 Å². The molecule has 0 atom stereocenters. The van der Waals surface area contributed by atoms with E-state index in [9.17, 15) is 0 Å². The Bertz CT molecular complexity index is 384. The Morgan fingerprint density at radius 1 is 1.35 bits per heavy atom. The van der Waals surface area contributed by atoms with Crippen molar-refractivity contribution < 1.29 is 0 Å². The Morgan fingerprint density at radius 2 is 2.05 bits per heavy atom. The summed E-state index contributed by atoms with van der Waals surface area (Å²) in [7, 11) is 0. The Kier molecular flexibility index (Phi) is 5.97. The van der Waals surface area contributed by atoms with Gasteiger partial charge in [-0.15, -0.1) is 0 Å². The molecule has 1 saturated carbocycles. The van der Waals surface area contributed by atoms with Crippen LogP contribution in [0.3, 0.4) is 0 Å². The molecule has 0 aliphatic heterocycles. The molecule has 114 valence electrons. The molecule has 20 heavy (non-hydrogen) atoms. The smallest absolute Gasteiger partial charge is 0.0762 e. The number of nitrogens with one attached hydrogen (secondary N) is 1. The van der Waals surface area contributed by atoms with E-state index >= 15 is 0 Å². The monoisotopic (exact) mass is 295 g/mol. The van der Waals surface area contributed by atoms with Crippen molar-refractivity contribution >= 4 is 11.8 Å². The molecule has 2 rings (SSSR count). The van der Waals surface area contributed by atoms with Crippen molar-refractivity contribution in [3.8, 4) is 0 Å². The first-order chi connectivity index (χ1) is 9.73. The third-order valence-electron chi connectivity index (χ3n) is 4.84. The van der Waals surface area contributed by atoms with Gasteiger partial charge in [0.2, 0.25) is 0 Å². The predicted octanol–water partition coefficient (Wildman–Crippen LogP) is 4.01. The van der Waals surface area contributed by atoms with Gasteiger partial charge in [-0.2, -0.15) is 16.9 Å². The van der Waals surface area contributed by atoms with Crippen LogP contribution in [0.25, 0.3) is 0 Å². The van der Waals surface area contributed by atoms with Crippen LogP contribution in [0.5, 0.6) is 0 Å². The van der Waals surface area contributed by atoms with E-state index in [1.165, 1.54) is 44.2 Å². The van der Waals surface area contributed by atoms with Crippen LogP contribution in [0.2, 0.25) is 0 Å². The molecule has 1 heterocycles. The maximum atomic E-state index is 4.74. The summed E-state index contributed by atoms with van der Waals surface area (Å²) in [5.41, 5.74) is 1.18. The maximum Gasteiger partial charge on any atom is 0.0762 e. The molecule has 0 amide bonds. The zero-order valence-corrected chi connectivity index (χ0v) is 14.0. The van der Waals surface area contributed by atoms with E-state index in [1.807, 2.05) is 11.8 Å². The summed E-state index contributed by atoms with van der Waals surface area (Å²) in [5.74, 6) is 0. The number of hydrogen-bond acceptors (Lipinski definition) is 3. The van der Waals surface area contributed by atoms with Crippen molar-refractivity contribution in [1.29, 1.82) is 0 Å². The molecule has 4 heteroatoms. The SMILES string of the molecule is CCC(CC)(CNCc1ccn(C2CCCC2)n1)SC. The van der Waals surface area contributed by atoms with Crippen LogP contribution in [0, 0.1) is 0 Å². The predicted molar refractivity (Wildman–Crippen MR) is 88.3 cm³/mol. The normalized spacial score (nSPS) is 16.9. The number of hydrogen-bond donors (Lipinski definition) is 1. The van der Waals surface area contributed by atoms with Crippen molar-refractivity contribution in [1.82, 2.24) is 15.1 Å². The van der Waals surface area contributed by atoms with Crippen LogP contribution in [0.4, 0.5) is 0 Å². The maximum absolute atomic E-state index is 4.74. The summed E-state index contributed by atoms with van der Waals surface area (Å²) in [4.78, 5) is 0. The minimum atomic E-state index is 0.383. The molecule has 1 N–H and O–H groups in total. The van der Waals surface area contributed by atoms with Crippen LogP contribution in [0.15, 0.2) is 12.3 Å². The molecule has 3 nitrogen and oxygen atoms in total. The van der Waals surface area contributed by atoms with Gasteiger partial charge in [-0.3, -0.25) is 4.68 Å². The standard InChI is InChI=1S/C16H29N3S/c1-4-16(5-2,20-3)13-17-12-14-10-11-19(18-14)15-8-6-7-9-15/h10-11,15,17H,4-9,12-13H2,1-3H3. The molecule has 1 fully saturated rings. The highest BCUT2D eigenvalue weighted by Gasteiger charge is 2.24. The van der Waals surface area contributed by atoms with Crippen LogP contribution in [0.1, 0.15) is 64.1 Å². The lowest BCUT2D eigenvalue weighted by molar-refractivity contribution is 0.455. The number of nitrogens with zero attached hydrogens (tertiary/aromatic N) is 2. The minimum Gasteiger partial charge on any atom is -0.310 e. The first kappa shape index (κ1) is 15.9. The zero-order valence-electron chi connectivity index (χ0n) is 13.2. The van der Waals surface area contributed by atoms with Gasteiger partial charge < -0.3 is 5.32 Å². The van der Waals surface area contributed by atoms with Gasteiger partial charge in [-0.05, 0) is 38.0 Å². The lowest BCUT2D eigenvalue weighted by Gasteiger charge is -2.29. The molecule has 1 aromatic rings. The fourth-order valence-electron chi connectivity index (χ4n) is 3.12. The fraction of sp³-hybridized carbons (Fsp3) is 0.812. The summed E-state index contributed by atoms with van der Waals surface area (Å²) in [6.07, 6.45) is 12.1. The summed E-state index contributed by atoms with van der Waals surface area (Å²) < 4.78 is 2.57. The quantitative estimate of drug-likeness (QED) is 0.786. The van der Waals surface area contributed by atoms with Gasteiger partial charge in [-0.25, -0.2) is 0 Å². The molecule has 0 radical (unpaired) electrons. The second-order valence-corrected chi connectivity index (χ2v) is 7.20. The first-order valence-electron chi connectivity index (χ1n) is 8.03. The van der Waals surface area contributed by atoms with E-state index in [0.717, 1.165) is 13.1 Å². The molecule has 1 aliphatic carbocycles. The van der Waals surface area contributed by atoms with E-state index in [1.54, 1.807) is 0 Å². The van der Waals surface area contributed by atoms with Gasteiger partial charge in [-0.1, -0.05) is 26.7 Å². The van der Waals surface area contributed by atoms with Gasteiger partial charge in [0.05, 0.1) is 11.7 Å². The van der Waals surface area contributed by atoms with Crippen LogP contribution in [-0.2, 0) is 6.54 Å². The number of rotatable bonds is 8. The van der Waals surface area contributed by atoms with Crippen LogP contribution < -0.4 is 5.32 Å². The molecule has 0 bridgehead atoms. The highest BCUT2D eigenvalue weighted by molar-refractivity contribution is 8.00. The van der Waals surface area contributed by atoms with Gasteiger partial charge in [0.1, 0.15) is 0 Å². The lowest BCUT2D eigenvalue weighted by Crippen LogP contribution is -2.36. The van der Waals surface area contributed by atoms with Crippen molar-refractivity contribution in [3.05, 3.63) is 18.0 Å². The van der Waals surface area contributed by atoms with Gasteiger partial charge in [0.25, 0.3) is 0 Å². The van der Waals surface area contributed by atoms with Gasteiger partial charge in [0, 0.05) is 24.0 Å². The van der Waals surface area contributed by atoms with E-state index < -0.39 is 0 Å². The van der Waals surface area contributed by atoms with E-state index in [0.29, 0.717) is 10.8 Å². The fourth-order valence-corrected chi connectivity index (χ4v) is 3.95.